The number of hydrogen-bond donors (Lipinski definition) is 1. The van der Waals surface area contributed by atoms with E-state index in [2.05, 4.69) is 19.2 Å². The molecule has 104 valence electrons. The molecule has 0 aliphatic heterocycles. The Labute approximate surface area is 114 Å². The first-order chi connectivity index (χ1) is 8.97. The van der Waals surface area contributed by atoms with Crippen molar-refractivity contribution in [3.8, 4) is 0 Å². The number of nitrogens with zero attached hydrogens (tertiary/aromatic N) is 1. The zero-order valence-electron chi connectivity index (χ0n) is 11.8. The molecule has 1 aliphatic carbocycles. The van der Waals surface area contributed by atoms with Gasteiger partial charge in [-0.1, -0.05) is 20.3 Å². The van der Waals surface area contributed by atoms with E-state index in [0.29, 0.717) is 17.5 Å². The van der Waals surface area contributed by atoms with Crippen molar-refractivity contribution in [3.63, 3.8) is 0 Å². The van der Waals surface area contributed by atoms with Crippen LogP contribution < -0.4 is 5.32 Å². The maximum Gasteiger partial charge on any atom is 0.272 e. The number of hydrogen-bond acceptors (Lipinski definition) is 3. The van der Waals surface area contributed by atoms with Crippen LogP contribution >= 0.6 is 0 Å². The second-order valence-electron chi connectivity index (χ2n) is 5.90. The number of benzene rings is 1. The van der Waals surface area contributed by atoms with E-state index < -0.39 is 0 Å². The zero-order chi connectivity index (χ0) is 14.0. The van der Waals surface area contributed by atoms with Crippen molar-refractivity contribution in [2.75, 3.05) is 5.32 Å². The zero-order valence-corrected chi connectivity index (χ0v) is 11.8. The van der Waals surface area contributed by atoms with E-state index in [0.717, 1.165) is 11.6 Å². The van der Waals surface area contributed by atoms with Gasteiger partial charge in [-0.2, -0.15) is 0 Å². The minimum atomic E-state index is -0.329. The van der Waals surface area contributed by atoms with E-state index in [4.69, 9.17) is 0 Å². The van der Waals surface area contributed by atoms with Crippen molar-refractivity contribution in [3.05, 3.63) is 33.9 Å². The molecule has 0 aromatic heterocycles. The maximum atomic E-state index is 10.8. The fourth-order valence-electron chi connectivity index (χ4n) is 2.90. The first-order valence-corrected chi connectivity index (χ1v) is 6.99. The molecule has 0 saturated heterocycles. The molecule has 1 fully saturated rings. The van der Waals surface area contributed by atoms with Gasteiger partial charge in [-0.15, -0.1) is 0 Å². The van der Waals surface area contributed by atoms with Gasteiger partial charge in [0, 0.05) is 23.4 Å². The molecule has 0 radical (unpaired) electrons. The van der Waals surface area contributed by atoms with Crippen molar-refractivity contribution in [2.45, 2.75) is 46.1 Å². The predicted molar refractivity (Wildman–Crippen MR) is 77.4 cm³/mol. The third-order valence-electron chi connectivity index (χ3n) is 4.20. The SMILES string of the molecule is Cc1cc(NC2CC(C)CCC2C)ccc1[N+](=O)[O-]. The van der Waals surface area contributed by atoms with Gasteiger partial charge in [-0.05, 0) is 43.7 Å². The number of rotatable bonds is 3. The van der Waals surface area contributed by atoms with Crippen LogP contribution in [0, 0.1) is 28.9 Å². The Bertz CT molecular complexity index is 473. The molecule has 1 aromatic rings. The summed E-state index contributed by atoms with van der Waals surface area (Å²) in [6.45, 7) is 6.36. The number of nitrogens with one attached hydrogen (secondary N) is 1. The van der Waals surface area contributed by atoms with E-state index in [1.54, 1.807) is 13.0 Å². The Morgan fingerprint density at radius 3 is 2.68 bits per heavy atom. The molecular weight excluding hydrogens is 240 g/mol. The van der Waals surface area contributed by atoms with Crippen LogP contribution in [0.5, 0.6) is 0 Å². The fraction of sp³-hybridized carbons (Fsp3) is 0.600. The molecule has 2 rings (SSSR count). The second-order valence-corrected chi connectivity index (χ2v) is 5.90. The highest BCUT2D eigenvalue weighted by Crippen LogP contribution is 2.31. The molecule has 0 spiro atoms. The van der Waals surface area contributed by atoms with E-state index in [-0.39, 0.29) is 10.6 Å². The van der Waals surface area contributed by atoms with Crippen LogP contribution in [0.15, 0.2) is 18.2 Å². The summed E-state index contributed by atoms with van der Waals surface area (Å²) >= 11 is 0. The van der Waals surface area contributed by atoms with Crippen LogP contribution in [0.4, 0.5) is 11.4 Å². The molecule has 0 heterocycles. The minimum Gasteiger partial charge on any atom is -0.382 e. The van der Waals surface area contributed by atoms with E-state index in [1.807, 2.05) is 12.1 Å². The van der Waals surface area contributed by atoms with Crippen molar-refractivity contribution in [2.24, 2.45) is 11.8 Å². The molecule has 4 nitrogen and oxygen atoms in total. The smallest absolute Gasteiger partial charge is 0.272 e. The molecule has 0 bridgehead atoms. The Morgan fingerprint density at radius 1 is 1.32 bits per heavy atom. The van der Waals surface area contributed by atoms with Gasteiger partial charge in [0.2, 0.25) is 0 Å². The van der Waals surface area contributed by atoms with Gasteiger partial charge >= 0.3 is 0 Å². The molecule has 3 unspecified atom stereocenters. The lowest BCUT2D eigenvalue weighted by Gasteiger charge is -2.34. The van der Waals surface area contributed by atoms with Crippen LogP contribution in [0.1, 0.15) is 38.7 Å². The fourth-order valence-corrected chi connectivity index (χ4v) is 2.90. The lowest BCUT2D eigenvalue weighted by molar-refractivity contribution is -0.385. The Hall–Kier alpha value is -1.58. The maximum absolute atomic E-state index is 10.8. The number of nitro groups is 1. The number of anilines is 1. The van der Waals surface area contributed by atoms with Crippen LogP contribution in [-0.2, 0) is 0 Å². The van der Waals surface area contributed by atoms with Crippen LogP contribution in [0.25, 0.3) is 0 Å². The topological polar surface area (TPSA) is 55.2 Å². The monoisotopic (exact) mass is 262 g/mol. The summed E-state index contributed by atoms with van der Waals surface area (Å²) in [6, 6.07) is 5.76. The van der Waals surface area contributed by atoms with Gasteiger partial charge in [0.1, 0.15) is 0 Å². The van der Waals surface area contributed by atoms with E-state index in [9.17, 15) is 10.1 Å². The number of nitro benzene ring substituents is 1. The summed E-state index contributed by atoms with van der Waals surface area (Å²) < 4.78 is 0. The van der Waals surface area contributed by atoms with Gasteiger partial charge < -0.3 is 5.32 Å². The standard InChI is InChI=1S/C15H22N2O2/c1-10-4-5-11(2)14(8-10)16-13-6-7-15(17(18)19)12(3)9-13/h6-7,9-11,14,16H,4-5,8H2,1-3H3. The third kappa shape index (κ3) is 3.25. The van der Waals surface area contributed by atoms with Gasteiger partial charge in [0.05, 0.1) is 4.92 Å². The van der Waals surface area contributed by atoms with Gasteiger partial charge in [-0.25, -0.2) is 0 Å². The van der Waals surface area contributed by atoms with Crippen molar-refractivity contribution in [1.29, 1.82) is 0 Å². The largest absolute Gasteiger partial charge is 0.382 e. The van der Waals surface area contributed by atoms with Gasteiger partial charge in [0.15, 0.2) is 0 Å². The van der Waals surface area contributed by atoms with Crippen molar-refractivity contribution < 1.29 is 4.92 Å². The molecule has 1 aromatic carbocycles. The summed E-state index contributed by atoms with van der Waals surface area (Å²) in [7, 11) is 0. The molecule has 4 heteroatoms. The van der Waals surface area contributed by atoms with Crippen LogP contribution in [0.2, 0.25) is 0 Å². The highest BCUT2D eigenvalue weighted by Gasteiger charge is 2.25. The first-order valence-electron chi connectivity index (χ1n) is 6.99. The van der Waals surface area contributed by atoms with Crippen molar-refractivity contribution in [1.82, 2.24) is 0 Å². The predicted octanol–water partition coefficient (Wildman–Crippen LogP) is 4.14. The number of aryl methyl sites for hydroxylation is 1. The molecule has 1 N–H and O–H groups in total. The average molecular weight is 262 g/mol. The Morgan fingerprint density at radius 2 is 2.05 bits per heavy atom. The normalized spacial score (nSPS) is 27.0. The molecule has 1 aliphatic rings. The minimum absolute atomic E-state index is 0.190. The second kappa shape index (κ2) is 5.59. The molecular formula is C15H22N2O2. The van der Waals surface area contributed by atoms with Crippen molar-refractivity contribution >= 4 is 11.4 Å². The van der Waals surface area contributed by atoms with Gasteiger partial charge in [-0.3, -0.25) is 10.1 Å². The van der Waals surface area contributed by atoms with Crippen LogP contribution in [-0.4, -0.2) is 11.0 Å². The van der Waals surface area contributed by atoms with Gasteiger partial charge in [0.25, 0.3) is 5.69 Å². The molecule has 1 saturated carbocycles. The quantitative estimate of drug-likeness (QED) is 0.658. The molecule has 19 heavy (non-hydrogen) atoms. The Balaban J connectivity index is 2.10. The highest BCUT2D eigenvalue weighted by atomic mass is 16.6. The van der Waals surface area contributed by atoms with E-state index >= 15 is 0 Å². The lowest BCUT2D eigenvalue weighted by Crippen LogP contribution is -2.33. The summed E-state index contributed by atoms with van der Waals surface area (Å²) in [5.41, 5.74) is 1.90. The van der Waals surface area contributed by atoms with E-state index in [1.165, 1.54) is 19.3 Å². The molecule has 0 amide bonds. The highest BCUT2D eigenvalue weighted by molar-refractivity contribution is 5.54. The lowest BCUT2D eigenvalue weighted by atomic mass is 9.80. The first kappa shape index (κ1) is 13.8. The summed E-state index contributed by atoms with van der Waals surface area (Å²) in [5, 5.41) is 14.3. The average Bonchev–Trinajstić information content (AvgIpc) is 2.33. The molecule has 3 atom stereocenters. The summed E-state index contributed by atoms with van der Waals surface area (Å²) in [4.78, 5) is 10.5. The summed E-state index contributed by atoms with van der Waals surface area (Å²) in [6.07, 6.45) is 3.74. The van der Waals surface area contributed by atoms with Crippen LogP contribution in [0.3, 0.4) is 0 Å². The Kier molecular flexibility index (Phi) is 4.08. The summed E-state index contributed by atoms with van der Waals surface area (Å²) in [5.74, 6) is 1.42. The third-order valence-corrected chi connectivity index (χ3v) is 4.20.